The van der Waals surface area contributed by atoms with E-state index in [1.807, 2.05) is 12.1 Å². The lowest BCUT2D eigenvalue weighted by molar-refractivity contribution is -0.384. The fraction of sp³-hybridized carbons (Fsp3) is 0.133. The first kappa shape index (κ1) is 15.0. The van der Waals surface area contributed by atoms with Crippen LogP contribution in [0.3, 0.4) is 0 Å². The number of aldehydes is 1. The number of nitrogens with zero attached hydrogens (tertiary/aromatic N) is 2. The molecule has 0 saturated carbocycles. The molecule has 0 spiro atoms. The molecule has 0 heterocycles. The third kappa shape index (κ3) is 3.58. The number of carbonyl (C=O) groups is 1. The Morgan fingerprint density at radius 1 is 1.24 bits per heavy atom. The molecule has 0 fully saturated rings. The van der Waals surface area contributed by atoms with Crippen LogP contribution in [0.5, 0.6) is 0 Å². The molecule has 6 heteroatoms. The van der Waals surface area contributed by atoms with Crippen LogP contribution in [0.25, 0.3) is 0 Å². The van der Waals surface area contributed by atoms with Crippen molar-refractivity contribution in [1.29, 1.82) is 0 Å². The number of carbonyl (C=O) groups excluding carboxylic acids is 1. The first-order chi connectivity index (χ1) is 10.0. The molecule has 0 aliphatic heterocycles. The van der Waals surface area contributed by atoms with Crippen LogP contribution in [-0.2, 0) is 6.54 Å². The maximum atomic E-state index is 11.1. The molecule has 0 unspecified atom stereocenters. The van der Waals surface area contributed by atoms with Crippen molar-refractivity contribution in [3.8, 4) is 0 Å². The van der Waals surface area contributed by atoms with E-state index in [1.54, 1.807) is 36.2 Å². The lowest BCUT2D eigenvalue weighted by atomic mass is 10.1. The second kappa shape index (κ2) is 6.37. The van der Waals surface area contributed by atoms with E-state index in [2.05, 4.69) is 0 Å². The Balaban J connectivity index is 2.29. The maximum Gasteiger partial charge on any atom is 0.293 e. The highest BCUT2D eigenvalue weighted by molar-refractivity contribution is 6.30. The third-order valence-corrected chi connectivity index (χ3v) is 3.33. The Morgan fingerprint density at radius 3 is 2.48 bits per heavy atom. The van der Waals surface area contributed by atoms with Crippen molar-refractivity contribution in [3.63, 3.8) is 0 Å². The zero-order chi connectivity index (χ0) is 15.4. The summed E-state index contributed by atoms with van der Waals surface area (Å²) < 4.78 is 0. The van der Waals surface area contributed by atoms with Crippen LogP contribution in [0.4, 0.5) is 11.4 Å². The van der Waals surface area contributed by atoms with Crippen LogP contribution in [0, 0.1) is 10.1 Å². The standard InChI is InChI=1S/C15H13ClN2O3/c1-17(9-11-2-5-13(16)6-3-11)14-7-4-12(10-19)8-15(14)18(20)21/h2-8,10H,9H2,1H3. The van der Waals surface area contributed by atoms with E-state index < -0.39 is 4.92 Å². The summed E-state index contributed by atoms with van der Waals surface area (Å²) in [7, 11) is 1.76. The van der Waals surface area contributed by atoms with Gasteiger partial charge in [-0.1, -0.05) is 23.7 Å². The molecule has 5 nitrogen and oxygen atoms in total. The summed E-state index contributed by atoms with van der Waals surface area (Å²) in [6.45, 7) is 0.498. The first-order valence-electron chi connectivity index (χ1n) is 6.20. The van der Waals surface area contributed by atoms with E-state index in [9.17, 15) is 14.9 Å². The van der Waals surface area contributed by atoms with Gasteiger partial charge in [-0.3, -0.25) is 14.9 Å². The second-order valence-electron chi connectivity index (χ2n) is 4.61. The van der Waals surface area contributed by atoms with Gasteiger partial charge in [0.1, 0.15) is 12.0 Å². The van der Waals surface area contributed by atoms with Gasteiger partial charge in [-0.15, -0.1) is 0 Å². The molecule has 21 heavy (non-hydrogen) atoms. The fourth-order valence-corrected chi connectivity index (χ4v) is 2.16. The molecule has 0 aromatic heterocycles. The van der Waals surface area contributed by atoms with Gasteiger partial charge in [0, 0.05) is 30.2 Å². The maximum absolute atomic E-state index is 11.1. The number of hydrogen-bond donors (Lipinski definition) is 0. The molecule has 0 atom stereocenters. The van der Waals surface area contributed by atoms with Gasteiger partial charge in [-0.25, -0.2) is 0 Å². The number of benzene rings is 2. The molecular formula is C15H13ClN2O3. The lowest BCUT2D eigenvalue weighted by Crippen LogP contribution is -2.17. The van der Waals surface area contributed by atoms with Crippen LogP contribution in [0.2, 0.25) is 5.02 Å². The van der Waals surface area contributed by atoms with Gasteiger partial charge in [0.2, 0.25) is 0 Å². The molecule has 0 radical (unpaired) electrons. The molecule has 108 valence electrons. The van der Waals surface area contributed by atoms with Crippen LogP contribution in [0.1, 0.15) is 15.9 Å². The minimum atomic E-state index is -0.485. The molecule has 2 rings (SSSR count). The normalized spacial score (nSPS) is 10.2. The van der Waals surface area contributed by atoms with Gasteiger partial charge in [-0.2, -0.15) is 0 Å². The Bertz CT molecular complexity index is 671. The highest BCUT2D eigenvalue weighted by atomic mass is 35.5. The number of halogens is 1. The largest absolute Gasteiger partial charge is 0.365 e. The average Bonchev–Trinajstić information content (AvgIpc) is 2.48. The summed E-state index contributed by atoms with van der Waals surface area (Å²) >= 11 is 5.83. The van der Waals surface area contributed by atoms with Crippen molar-refractivity contribution in [3.05, 3.63) is 68.7 Å². The van der Waals surface area contributed by atoms with Crippen molar-refractivity contribution in [1.82, 2.24) is 0 Å². The SMILES string of the molecule is CN(Cc1ccc(Cl)cc1)c1ccc(C=O)cc1[N+](=O)[O-]. The number of nitro groups is 1. The Kier molecular flexibility index (Phi) is 4.55. The first-order valence-corrected chi connectivity index (χ1v) is 6.58. The molecular weight excluding hydrogens is 292 g/mol. The molecule has 0 saturated heterocycles. The minimum Gasteiger partial charge on any atom is -0.365 e. The van der Waals surface area contributed by atoms with Gasteiger partial charge in [0.15, 0.2) is 0 Å². The van der Waals surface area contributed by atoms with Gasteiger partial charge in [-0.05, 0) is 29.8 Å². The topological polar surface area (TPSA) is 63.5 Å². The van der Waals surface area contributed by atoms with E-state index in [0.29, 0.717) is 23.5 Å². The molecule has 0 aliphatic carbocycles. The highest BCUT2D eigenvalue weighted by Gasteiger charge is 2.18. The third-order valence-electron chi connectivity index (χ3n) is 3.08. The monoisotopic (exact) mass is 304 g/mol. The fourth-order valence-electron chi connectivity index (χ4n) is 2.03. The van der Waals surface area contributed by atoms with Crippen LogP contribution in [-0.4, -0.2) is 18.3 Å². The highest BCUT2D eigenvalue weighted by Crippen LogP contribution is 2.29. The zero-order valence-corrected chi connectivity index (χ0v) is 12.1. The van der Waals surface area contributed by atoms with Crippen molar-refractivity contribution in [2.45, 2.75) is 6.54 Å². The summed E-state index contributed by atoms with van der Waals surface area (Å²) in [5, 5.41) is 11.8. The van der Waals surface area contributed by atoms with Gasteiger partial charge >= 0.3 is 0 Å². The van der Waals surface area contributed by atoms with Crippen molar-refractivity contribution in [2.24, 2.45) is 0 Å². The summed E-state index contributed by atoms with van der Waals surface area (Å²) in [5.41, 5.74) is 1.64. The molecule has 2 aromatic carbocycles. The van der Waals surface area contributed by atoms with Crippen LogP contribution >= 0.6 is 11.6 Å². The molecule has 0 N–H and O–H groups in total. The van der Waals surface area contributed by atoms with Gasteiger partial charge in [0.25, 0.3) is 5.69 Å². The molecule has 2 aromatic rings. The van der Waals surface area contributed by atoms with E-state index in [4.69, 9.17) is 11.6 Å². The summed E-state index contributed by atoms with van der Waals surface area (Å²) in [6, 6.07) is 11.7. The average molecular weight is 305 g/mol. The minimum absolute atomic E-state index is 0.0870. The smallest absolute Gasteiger partial charge is 0.293 e. The van der Waals surface area contributed by atoms with Crippen LogP contribution < -0.4 is 4.90 Å². The van der Waals surface area contributed by atoms with E-state index in [0.717, 1.165) is 5.56 Å². The summed E-state index contributed by atoms with van der Waals surface area (Å²) in [6.07, 6.45) is 0.593. The van der Waals surface area contributed by atoms with Crippen LogP contribution in [0.15, 0.2) is 42.5 Å². The number of anilines is 1. The summed E-state index contributed by atoms with van der Waals surface area (Å²) in [5.74, 6) is 0. The zero-order valence-electron chi connectivity index (χ0n) is 11.3. The Labute approximate surface area is 126 Å². The van der Waals surface area contributed by atoms with Gasteiger partial charge < -0.3 is 4.90 Å². The Hall–Kier alpha value is -2.40. The van der Waals surface area contributed by atoms with E-state index in [1.165, 1.54) is 6.07 Å². The second-order valence-corrected chi connectivity index (χ2v) is 5.04. The van der Waals surface area contributed by atoms with Crippen molar-refractivity contribution >= 4 is 29.3 Å². The number of hydrogen-bond acceptors (Lipinski definition) is 4. The molecule has 0 aliphatic rings. The van der Waals surface area contributed by atoms with E-state index in [-0.39, 0.29) is 11.3 Å². The molecule has 0 bridgehead atoms. The lowest BCUT2D eigenvalue weighted by Gasteiger charge is -2.19. The predicted molar refractivity (Wildman–Crippen MR) is 82.0 cm³/mol. The van der Waals surface area contributed by atoms with Gasteiger partial charge in [0.05, 0.1) is 4.92 Å². The molecule has 0 amide bonds. The van der Waals surface area contributed by atoms with E-state index >= 15 is 0 Å². The Morgan fingerprint density at radius 2 is 1.90 bits per heavy atom. The van der Waals surface area contributed by atoms with Crippen molar-refractivity contribution < 1.29 is 9.72 Å². The summed E-state index contributed by atoms with van der Waals surface area (Å²) in [4.78, 5) is 23.1. The predicted octanol–water partition coefficient (Wildman–Crippen LogP) is 3.70. The quantitative estimate of drug-likeness (QED) is 0.480. The van der Waals surface area contributed by atoms with Crippen molar-refractivity contribution in [2.75, 3.05) is 11.9 Å². The number of nitro benzene ring substituents is 1. The number of rotatable bonds is 5.